The zero-order valence-electron chi connectivity index (χ0n) is 17.0. The number of thiophene rings is 1. The molecular formula is C23H20ClN3O3S. The van der Waals surface area contributed by atoms with Gasteiger partial charge >= 0.3 is 0 Å². The standard InChI is InChI=1S/C23H20ClN3O3S/c1-3-14-4-6-15(7-5-14)17-12-31-22-21(17)23(29)27(13-25-22)11-20(28)26-16-8-9-19(30-2)18(24)10-16/h4-10,12-13H,3,11H2,1-2H3,(H,26,28). The maximum atomic E-state index is 13.1. The molecule has 0 aliphatic heterocycles. The summed E-state index contributed by atoms with van der Waals surface area (Å²) in [4.78, 5) is 30.7. The highest BCUT2D eigenvalue weighted by Gasteiger charge is 2.15. The molecule has 0 bridgehead atoms. The van der Waals surface area contributed by atoms with Gasteiger partial charge in [-0.25, -0.2) is 4.98 Å². The first-order valence-electron chi connectivity index (χ1n) is 9.69. The number of aryl methyl sites for hydroxylation is 1. The van der Waals surface area contributed by atoms with E-state index in [1.165, 1.54) is 34.9 Å². The number of halogens is 1. The van der Waals surface area contributed by atoms with E-state index in [4.69, 9.17) is 16.3 Å². The first kappa shape index (κ1) is 21.1. The number of carbonyl (C=O) groups is 1. The molecule has 0 saturated heterocycles. The molecule has 0 spiro atoms. The third-order valence-electron chi connectivity index (χ3n) is 4.98. The van der Waals surface area contributed by atoms with Crippen molar-refractivity contribution in [3.8, 4) is 16.9 Å². The quantitative estimate of drug-likeness (QED) is 0.446. The molecule has 0 fully saturated rings. The van der Waals surface area contributed by atoms with Crippen molar-refractivity contribution in [3.63, 3.8) is 0 Å². The average molecular weight is 454 g/mol. The molecular weight excluding hydrogens is 434 g/mol. The van der Waals surface area contributed by atoms with Gasteiger partial charge in [0.15, 0.2) is 0 Å². The molecule has 31 heavy (non-hydrogen) atoms. The third-order valence-corrected chi connectivity index (χ3v) is 6.17. The van der Waals surface area contributed by atoms with Gasteiger partial charge in [-0.2, -0.15) is 0 Å². The van der Waals surface area contributed by atoms with E-state index in [9.17, 15) is 9.59 Å². The van der Waals surface area contributed by atoms with Crippen molar-refractivity contribution in [1.82, 2.24) is 9.55 Å². The number of hydrogen-bond donors (Lipinski definition) is 1. The van der Waals surface area contributed by atoms with E-state index in [1.54, 1.807) is 18.2 Å². The van der Waals surface area contributed by atoms with Gasteiger partial charge in [0.05, 0.1) is 23.8 Å². The SMILES string of the molecule is CCc1ccc(-c2csc3ncn(CC(=O)Nc4ccc(OC)c(Cl)c4)c(=O)c23)cc1. The lowest BCUT2D eigenvalue weighted by Crippen LogP contribution is -2.27. The highest BCUT2D eigenvalue weighted by Crippen LogP contribution is 2.31. The number of nitrogens with one attached hydrogen (secondary N) is 1. The van der Waals surface area contributed by atoms with Crippen LogP contribution in [0.1, 0.15) is 12.5 Å². The number of ether oxygens (including phenoxy) is 1. The zero-order valence-corrected chi connectivity index (χ0v) is 18.6. The highest BCUT2D eigenvalue weighted by molar-refractivity contribution is 7.17. The van der Waals surface area contributed by atoms with Gasteiger partial charge in [-0.15, -0.1) is 11.3 Å². The average Bonchev–Trinajstić information content (AvgIpc) is 3.21. The minimum Gasteiger partial charge on any atom is -0.495 e. The molecule has 4 rings (SSSR count). The Hall–Kier alpha value is -3.16. The Kier molecular flexibility index (Phi) is 6.06. The summed E-state index contributed by atoms with van der Waals surface area (Å²) in [6, 6.07) is 13.1. The Morgan fingerprint density at radius 2 is 2.00 bits per heavy atom. The second kappa shape index (κ2) is 8.91. The van der Waals surface area contributed by atoms with Crippen LogP contribution in [0.2, 0.25) is 5.02 Å². The number of fused-ring (bicyclic) bond motifs is 1. The third kappa shape index (κ3) is 4.33. The molecule has 8 heteroatoms. The van der Waals surface area contributed by atoms with Gasteiger partial charge in [-0.1, -0.05) is 42.8 Å². The lowest BCUT2D eigenvalue weighted by atomic mass is 10.0. The Bertz CT molecular complexity index is 1310. The smallest absolute Gasteiger partial charge is 0.263 e. The lowest BCUT2D eigenvalue weighted by molar-refractivity contribution is -0.116. The second-order valence-corrected chi connectivity index (χ2v) is 8.22. The van der Waals surface area contributed by atoms with Gasteiger partial charge in [-0.3, -0.25) is 14.2 Å². The molecule has 0 atom stereocenters. The van der Waals surface area contributed by atoms with Crippen molar-refractivity contribution in [2.24, 2.45) is 0 Å². The molecule has 0 saturated carbocycles. The van der Waals surface area contributed by atoms with Crippen LogP contribution in [0.15, 0.2) is 59.0 Å². The van der Waals surface area contributed by atoms with E-state index >= 15 is 0 Å². The summed E-state index contributed by atoms with van der Waals surface area (Å²) < 4.78 is 6.43. The molecule has 158 valence electrons. The number of benzene rings is 2. The summed E-state index contributed by atoms with van der Waals surface area (Å²) in [6.07, 6.45) is 2.36. The van der Waals surface area contributed by atoms with E-state index in [0.717, 1.165) is 17.5 Å². The monoisotopic (exact) mass is 453 g/mol. The molecule has 0 aliphatic rings. The molecule has 1 amide bonds. The van der Waals surface area contributed by atoms with Crippen molar-refractivity contribution in [3.05, 3.63) is 75.1 Å². The molecule has 4 aromatic rings. The van der Waals surface area contributed by atoms with Crippen LogP contribution in [0.4, 0.5) is 5.69 Å². The van der Waals surface area contributed by atoms with Crippen LogP contribution in [0.25, 0.3) is 21.3 Å². The zero-order chi connectivity index (χ0) is 22.0. The lowest BCUT2D eigenvalue weighted by Gasteiger charge is -2.09. The van der Waals surface area contributed by atoms with Crippen molar-refractivity contribution in [2.75, 3.05) is 12.4 Å². The minimum atomic E-state index is -0.353. The topological polar surface area (TPSA) is 73.2 Å². The summed E-state index contributed by atoms with van der Waals surface area (Å²) in [7, 11) is 1.52. The van der Waals surface area contributed by atoms with Crippen LogP contribution in [0.3, 0.4) is 0 Å². The Balaban J connectivity index is 1.61. The molecule has 6 nitrogen and oxygen atoms in total. The van der Waals surface area contributed by atoms with Crippen LogP contribution in [-0.2, 0) is 17.8 Å². The van der Waals surface area contributed by atoms with E-state index < -0.39 is 0 Å². The number of anilines is 1. The molecule has 1 N–H and O–H groups in total. The van der Waals surface area contributed by atoms with Crippen LogP contribution < -0.4 is 15.6 Å². The van der Waals surface area contributed by atoms with E-state index in [1.807, 2.05) is 17.5 Å². The summed E-state index contributed by atoms with van der Waals surface area (Å²) in [6.45, 7) is 1.94. The van der Waals surface area contributed by atoms with Gasteiger partial charge in [-0.05, 0) is 35.7 Å². The van der Waals surface area contributed by atoms with Crippen LogP contribution >= 0.6 is 22.9 Å². The maximum Gasteiger partial charge on any atom is 0.263 e. The number of aromatic nitrogens is 2. The fraction of sp³-hybridized carbons (Fsp3) is 0.174. The van der Waals surface area contributed by atoms with Crippen molar-refractivity contribution in [2.45, 2.75) is 19.9 Å². The largest absolute Gasteiger partial charge is 0.495 e. The number of amides is 1. The summed E-state index contributed by atoms with van der Waals surface area (Å²) in [5.74, 6) is 0.163. The maximum absolute atomic E-state index is 13.1. The van der Waals surface area contributed by atoms with Crippen LogP contribution in [-0.4, -0.2) is 22.6 Å². The van der Waals surface area contributed by atoms with Crippen molar-refractivity contribution >= 4 is 44.7 Å². The second-order valence-electron chi connectivity index (χ2n) is 6.96. The number of rotatable bonds is 6. The van der Waals surface area contributed by atoms with Crippen LogP contribution in [0.5, 0.6) is 5.75 Å². The Labute approximate surface area is 188 Å². The molecule has 2 aromatic carbocycles. The van der Waals surface area contributed by atoms with Crippen molar-refractivity contribution in [1.29, 1.82) is 0 Å². The summed E-state index contributed by atoms with van der Waals surface area (Å²) in [5, 5.41) is 5.59. The van der Waals surface area contributed by atoms with Gasteiger partial charge in [0.25, 0.3) is 5.56 Å². The minimum absolute atomic E-state index is 0.157. The molecule has 2 heterocycles. The predicted octanol–water partition coefficient (Wildman–Crippen LogP) is 4.99. The number of methoxy groups -OCH3 is 1. The van der Waals surface area contributed by atoms with Gasteiger partial charge in [0, 0.05) is 16.6 Å². The molecule has 0 unspecified atom stereocenters. The molecule has 0 radical (unpaired) electrons. The molecule has 2 aromatic heterocycles. The normalized spacial score (nSPS) is 10.9. The Morgan fingerprint density at radius 1 is 1.23 bits per heavy atom. The van der Waals surface area contributed by atoms with E-state index in [0.29, 0.717) is 26.7 Å². The van der Waals surface area contributed by atoms with Crippen LogP contribution in [0, 0.1) is 0 Å². The number of nitrogens with zero attached hydrogens (tertiary/aromatic N) is 2. The predicted molar refractivity (Wildman–Crippen MR) is 125 cm³/mol. The van der Waals surface area contributed by atoms with Gasteiger partial charge in [0.1, 0.15) is 17.1 Å². The summed E-state index contributed by atoms with van der Waals surface area (Å²) >= 11 is 7.52. The number of carbonyl (C=O) groups excluding carboxylic acids is 1. The van der Waals surface area contributed by atoms with Crippen molar-refractivity contribution < 1.29 is 9.53 Å². The first-order chi connectivity index (χ1) is 15.0. The van der Waals surface area contributed by atoms with E-state index in [-0.39, 0.29) is 18.0 Å². The first-order valence-corrected chi connectivity index (χ1v) is 10.9. The Morgan fingerprint density at radius 3 is 2.68 bits per heavy atom. The fourth-order valence-electron chi connectivity index (χ4n) is 3.31. The summed E-state index contributed by atoms with van der Waals surface area (Å²) in [5.41, 5.74) is 3.29. The van der Waals surface area contributed by atoms with Gasteiger partial charge < -0.3 is 10.1 Å². The van der Waals surface area contributed by atoms with E-state index in [2.05, 4.69) is 29.4 Å². The highest BCUT2D eigenvalue weighted by atomic mass is 35.5. The van der Waals surface area contributed by atoms with Gasteiger partial charge in [0.2, 0.25) is 5.91 Å². The molecule has 0 aliphatic carbocycles. The number of hydrogen-bond acceptors (Lipinski definition) is 5. The fourth-order valence-corrected chi connectivity index (χ4v) is 4.48.